The van der Waals surface area contributed by atoms with E-state index in [1.165, 1.54) is 29.5 Å². The summed E-state index contributed by atoms with van der Waals surface area (Å²) in [4.78, 5) is 32.8. The average Bonchev–Trinajstić information content (AvgIpc) is 3.59. The number of rotatable bonds is 5. The molecule has 1 heterocycles. The maximum absolute atomic E-state index is 14.7. The Bertz CT molecular complexity index is 1370. The smallest absolute Gasteiger partial charge is 0.335 e. The maximum Gasteiger partial charge on any atom is 0.335 e. The monoisotopic (exact) mass is 465 g/mol. The van der Waals surface area contributed by atoms with Gasteiger partial charge in [-0.1, -0.05) is 29.5 Å². The standard InChI is InChI=1S/C24H17F2N3O3S/c25-17-8-10-20-21(12-17)33-24(28-20)27-19-9-7-16(11-18(19)26)13-1-3-14(4-2-13)22(30)29-32-23(31)15-5-6-15/h1-4,7-12,15H,5-6H2,(H,27,28)(H,29,30). The minimum Gasteiger partial charge on any atom is -0.340 e. The minimum absolute atomic E-state index is 0.113. The van der Waals surface area contributed by atoms with E-state index in [1.54, 1.807) is 42.5 Å². The molecule has 6 nitrogen and oxygen atoms in total. The van der Waals surface area contributed by atoms with E-state index < -0.39 is 17.7 Å². The van der Waals surface area contributed by atoms with Gasteiger partial charge in [-0.2, -0.15) is 5.48 Å². The number of hydrogen-bond donors (Lipinski definition) is 2. The summed E-state index contributed by atoms with van der Waals surface area (Å²) in [6, 6.07) is 15.5. The molecular weight excluding hydrogens is 448 g/mol. The molecule has 4 aromatic rings. The molecule has 0 bridgehead atoms. The highest BCUT2D eigenvalue weighted by molar-refractivity contribution is 7.22. The third-order valence-corrected chi connectivity index (χ3v) is 6.13. The van der Waals surface area contributed by atoms with Crippen molar-refractivity contribution >= 4 is 44.2 Å². The third kappa shape index (κ3) is 4.68. The Labute approximate surface area is 191 Å². The van der Waals surface area contributed by atoms with Gasteiger partial charge in [0.1, 0.15) is 11.6 Å². The molecule has 1 amide bonds. The molecule has 5 rings (SSSR count). The van der Waals surface area contributed by atoms with Crippen LogP contribution in [-0.4, -0.2) is 16.9 Å². The minimum atomic E-state index is -0.531. The van der Waals surface area contributed by atoms with Gasteiger partial charge in [-0.05, 0) is 66.4 Å². The summed E-state index contributed by atoms with van der Waals surface area (Å²) < 4.78 is 28.8. The lowest BCUT2D eigenvalue weighted by molar-refractivity contribution is -0.150. The van der Waals surface area contributed by atoms with Gasteiger partial charge in [0.15, 0.2) is 5.13 Å². The number of carbonyl (C=O) groups is 2. The van der Waals surface area contributed by atoms with Gasteiger partial charge in [-0.3, -0.25) is 4.79 Å². The zero-order valence-electron chi connectivity index (χ0n) is 17.1. The van der Waals surface area contributed by atoms with Crippen molar-refractivity contribution in [2.45, 2.75) is 12.8 Å². The van der Waals surface area contributed by atoms with Crippen LogP contribution in [0.1, 0.15) is 23.2 Å². The zero-order valence-corrected chi connectivity index (χ0v) is 17.9. The number of nitrogens with zero attached hydrogens (tertiary/aromatic N) is 1. The first-order chi connectivity index (χ1) is 16.0. The Kier molecular flexibility index (Phi) is 5.47. The van der Waals surface area contributed by atoms with Crippen molar-refractivity contribution < 1.29 is 23.2 Å². The van der Waals surface area contributed by atoms with Crippen LogP contribution in [0, 0.1) is 17.6 Å². The van der Waals surface area contributed by atoms with Gasteiger partial charge < -0.3 is 10.2 Å². The molecule has 1 saturated carbocycles. The van der Waals surface area contributed by atoms with E-state index in [-0.39, 0.29) is 17.4 Å². The molecule has 0 unspecified atom stereocenters. The van der Waals surface area contributed by atoms with E-state index >= 15 is 0 Å². The summed E-state index contributed by atoms with van der Waals surface area (Å²) in [6.07, 6.45) is 1.57. The molecule has 2 N–H and O–H groups in total. The maximum atomic E-state index is 14.7. The lowest BCUT2D eigenvalue weighted by Crippen LogP contribution is -2.27. The molecule has 0 radical (unpaired) electrons. The van der Waals surface area contributed by atoms with Crippen molar-refractivity contribution in [2.24, 2.45) is 5.92 Å². The lowest BCUT2D eigenvalue weighted by Gasteiger charge is -2.08. The number of aromatic nitrogens is 1. The number of nitrogens with one attached hydrogen (secondary N) is 2. The second kappa shape index (κ2) is 8.59. The summed E-state index contributed by atoms with van der Waals surface area (Å²) in [5.74, 6) is -1.90. The van der Waals surface area contributed by atoms with Crippen LogP contribution in [0.3, 0.4) is 0 Å². The van der Waals surface area contributed by atoms with Gasteiger partial charge in [0.2, 0.25) is 0 Å². The molecular formula is C24H17F2N3O3S. The van der Waals surface area contributed by atoms with Crippen LogP contribution in [0.5, 0.6) is 0 Å². The number of amides is 1. The zero-order chi connectivity index (χ0) is 22.9. The van der Waals surface area contributed by atoms with Crippen molar-refractivity contribution in [1.82, 2.24) is 10.5 Å². The normalized spacial score (nSPS) is 13.0. The van der Waals surface area contributed by atoms with Crippen LogP contribution in [-0.2, 0) is 9.63 Å². The first-order valence-corrected chi connectivity index (χ1v) is 11.0. The van der Waals surface area contributed by atoms with Crippen LogP contribution in [0.15, 0.2) is 60.7 Å². The van der Waals surface area contributed by atoms with Crippen LogP contribution >= 0.6 is 11.3 Å². The number of thiazole rings is 1. The number of anilines is 2. The van der Waals surface area contributed by atoms with Gasteiger partial charge in [0.25, 0.3) is 5.91 Å². The van der Waals surface area contributed by atoms with E-state index in [9.17, 15) is 18.4 Å². The number of hydrogen-bond acceptors (Lipinski definition) is 6. The molecule has 3 aromatic carbocycles. The van der Waals surface area contributed by atoms with Gasteiger partial charge in [-0.25, -0.2) is 18.6 Å². The molecule has 1 aromatic heterocycles. The van der Waals surface area contributed by atoms with E-state index in [1.807, 2.05) is 0 Å². The van der Waals surface area contributed by atoms with Gasteiger partial charge in [0, 0.05) is 5.56 Å². The van der Waals surface area contributed by atoms with Gasteiger partial charge >= 0.3 is 5.97 Å². The molecule has 0 atom stereocenters. The summed E-state index contributed by atoms with van der Waals surface area (Å²) in [5, 5.41) is 3.39. The predicted molar refractivity (Wildman–Crippen MR) is 121 cm³/mol. The van der Waals surface area contributed by atoms with Crippen LogP contribution in [0.2, 0.25) is 0 Å². The average molecular weight is 465 g/mol. The molecule has 9 heteroatoms. The lowest BCUT2D eigenvalue weighted by atomic mass is 10.0. The highest BCUT2D eigenvalue weighted by Crippen LogP contribution is 2.32. The number of halogens is 2. The highest BCUT2D eigenvalue weighted by atomic mass is 32.1. The first-order valence-electron chi connectivity index (χ1n) is 10.2. The Morgan fingerprint density at radius 3 is 2.45 bits per heavy atom. The number of benzene rings is 3. The van der Waals surface area contributed by atoms with Crippen LogP contribution in [0.4, 0.5) is 19.6 Å². The SMILES string of the molecule is O=C(NOC(=O)C1CC1)c1ccc(-c2ccc(Nc3nc4ccc(F)cc4s3)c(F)c2)cc1. The highest BCUT2D eigenvalue weighted by Gasteiger charge is 2.32. The summed E-state index contributed by atoms with van der Waals surface area (Å²) in [5.41, 5.74) is 4.67. The second-order valence-electron chi connectivity index (χ2n) is 7.65. The van der Waals surface area contributed by atoms with Gasteiger partial charge in [0.05, 0.1) is 21.8 Å². The topological polar surface area (TPSA) is 80.3 Å². The van der Waals surface area contributed by atoms with Crippen LogP contribution in [0.25, 0.3) is 21.3 Å². The van der Waals surface area contributed by atoms with E-state index in [0.29, 0.717) is 32.0 Å². The first kappa shape index (κ1) is 21.0. The molecule has 0 spiro atoms. The van der Waals surface area contributed by atoms with Crippen LogP contribution < -0.4 is 10.8 Å². The Balaban J connectivity index is 1.27. The fourth-order valence-corrected chi connectivity index (χ4v) is 4.14. The van der Waals surface area contributed by atoms with Crippen molar-refractivity contribution in [3.05, 3.63) is 77.9 Å². The molecule has 166 valence electrons. The van der Waals surface area contributed by atoms with E-state index in [0.717, 1.165) is 12.8 Å². The number of hydroxylamine groups is 1. The second-order valence-corrected chi connectivity index (χ2v) is 8.69. The molecule has 1 fully saturated rings. The summed E-state index contributed by atoms with van der Waals surface area (Å²) in [7, 11) is 0. The number of fused-ring (bicyclic) bond motifs is 1. The molecule has 0 aliphatic heterocycles. The van der Waals surface area contributed by atoms with Gasteiger partial charge in [-0.15, -0.1) is 0 Å². The largest absolute Gasteiger partial charge is 0.340 e. The van der Waals surface area contributed by atoms with Crippen molar-refractivity contribution in [1.29, 1.82) is 0 Å². The quantitative estimate of drug-likeness (QED) is 0.376. The Morgan fingerprint density at radius 1 is 0.970 bits per heavy atom. The fraction of sp³-hybridized carbons (Fsp3) is 0.125. The summed E-state index contributed by atoms with van der Waals surface area (Å²) >= 11 is 1.23. The number of carbonyl (C=O) groups excluding carboxylic acids is 2. The molecule has 0 saturated heterocycles. The summed E-state index contributed by atoms with van der Waals surface area (Å²) in [6.45, 7) is 0. The van der Waals surface area contributed by atoms with E-state index in [4.69, 9.17) is 4.84 Å². The fourth-order valence-electron chi connectivity index (χ4n) is 3.24. The van der Waals surface area contributed by atoms with E-state index in [2.05, 4.69) is 15.8 Å². The predicted octanol–water partition coefficient (Wildman–Crippen LogP) is 5.58. The third-order valence-electron chi connectivity index (χ3n) is 5.20. The molecule has 33 heavy (non-hydrogen) atoms. The Morgan fingerprint density at radius 2 is 1.73 bits per heavy atom. The van der Waals surface area contributed by atoms with Crippen molar-refractivity contribution in [3.8, 4) is 11.1 Å². The van der Waals surface area contributed by atoms with Crippen molar-refractivity contribution in [2.75, 3.05) is 5.32 Å². The van der Waals surface area contributed by atoms with Crippen molar-refractivity contribution in [3.63, 3.8) is 0 Å². The molecule has 1 aliphatic rings. The Hall–Kier alpha value is -3.85. The molecule has 1 aliphatic carbocycles.